The van der Waals surface area contributed by atoms with E-state index in [1.165, 1.54) is 36.5 Å². The fourth-order valence-electron chi connectivity index (χ4n) is 3.84. The first-order valence-corrected chi connectivity index (χ1v) is 10.3. The predicted octanol–water partition coefficient (Wildman–Crippen LogP) is 6.05. The maximum Gasteiger partial charge on any atom is 0.423 e. The Bertz CT molecular complexity index is 1450. The minimum Gasteiger partial charge on any atom is -0.478 e. The van der Waals surface area contributed by atoms with Crippen LogP contribution in [0.2, 0.25) is 0 Å². The van der Waals surface area contributed by atoms with Crippen LogP contribution in [0.4, 0.5) is 18.9 Å². The molecule has 0 aliphatic heterocycles. The molecule has 174 valence electrons. The van der Waals surface area contributed by atoms with Crippen LogP contribution in [0.25, 0.3) is 22.4 Å². The number of anilines is 1. The van der Waals surface area contributed by atoms with Gasteiger partial charge in [0.2, 0.25) is 5.43 Å². The number of fused-ring (bicyclic) bond motifs is 1. The van der Waals surface area contributed by atoms with Crippen LogP contribution in [0.5, 0.6) is 0 Å². The summed E-state index contributed by atoms with van der Waals surface area (Å²) in [6, 6.07) is 13.0. The highest BCUT2D eigenvalue weighted by Gasteiger charge is 2.40. The van der Waals surface area contributed by atoms with E-state index in [2.05, 4.69) is 10.3 Å². The third kappa shape index (κ3) is 4.24. The quantitative estimate of drug-likeness (QED) is 0.370. The summed E-state index contributed by atoms with van der Waals surface area (Å²) in [6.45, 7) is 3.35. The highest BCUT2D eigenvalue weighted by Crippen LogP contribution is 2.38. The zero-order valence-electron chi connectivity index (χ0n) is 18.1. The van der Waals surface area contributed by atoms with E-state index in [0.717, 1.165) is 0 Å². The topological polar surface area (TPSA) is 92.4 Å². The number of alkyl halides is 3. The van der Waals surface area contributed by atoms with Crippen LogP contribution in [0, 0.1) is 6.92 Å². The maximum absolute atomic E-state index is 13.9. The van der Waals surface area contributed by atoms with Gasteiger partial charge in [0.25, 0.3) is 0 Å². The summed E-state index contributed by atoms with van der Waals surface area (Å²) in [5.41, 5.74) is -1.50. The normalized spacial score (nSPS) is 12.5. The minimum atomic E-state index is -4.96. The Balaban J connectivity index is 1.97. The summed E-state index contributed by atoms with van der Waals surface area (Å²) in [7, 11) is 0. The summed E-state index contributed by atoms with van der Waals surface area (Å²) in [5.74, 6) is -1.81. The number of nitrogens with one attached hydrogen (secondary N) is 1. The van der Waals surface area contributed by atoms with Gasteiger partial charge in [-0.25, -0.2) is 4.79 Å². The predicted molar refractivity (Wildman–Crippen MR) is 121 cm³/mol. The van der Waals surface area contributed by atoms with E-state index in [1.807, 2.05) is 0 Å². The van der Waals surface area contributed by atoms with E-state index < -0.39 is 34.9 Å². The molecule has 0 saturated heterocycles. The molecular weight excluding hydrogens is 449 g/mol. The second-order valence-electron chi connectivity index (χ2n) is 7.80. The molecule has 0 radical (unpaired) electrons. The summed E-state index contributed by atoms with van der Waals surface area (Å²) in [5, 5.41) is 12.3. The lowest BCUT2D eigenvalue weighted by Crippen LogP contribution is -2.22. The van der Waals surface area contributed by atoms with Gasteiger partial charge in [-0.15, -0.1) is 0 Å². The summed E-state index contributed by atoms with van der Waals surface area (Å²) >= 11 is 0. The van der Waals surface area contributed by atoms with Crippen molar-refractivity contribution in [2.45, 2.75) is 26.1 Å². The molecule has 0 aliphatic rings. The van der Waals surface area contributed by atoms with E-state index >= 15 is 0 Å². The molecule has 0 spiro atoms. The van der Waals surface area contributed by atoms with Crippen molar-refractivity contribution in [2.75, 3.05) is 5.32 Å². The first kappa shape index (κ1) is 23.0. The maximum atomic E-state index is 13.9. The van der Waals surface area contributed by atoms with Crippen molar-refractivity contribution in [1.82, 2.24) is 4.98 Å². The number of para-hydroxylation sites is 1. The SMILES string of the molecule is Cc1cc([C@@H](C)Nc2ccccc2C(=O)O)c2oc(-c3ccccn3)c(C(F)(F)F)c(=O)c2c1. The molecule has 0 amide bonds. The standard InChI is InChI=1S/C25H19F3N2O4/c1-13-11-16(14(2)30-18-8-4-3-7-15(18)24(32)33)22-17(12-13)21(31)20(25(26,27)28)23(34-22)19-9-5-6-10-29-19/h3-12,14,30H,1-2H3,(H,32,33)/t14-/m1/s1. The number of pyridine rings is 1. The Hall–Kier alpha value is -4.14. The van der Waals surface area contributed by atoms with Crippen LogP contribution < -0.4 is 10.7 Å². The van der Waals surface area contributed by atoms with Crippen molar-refractivity contribution >= 4 is 22.6 Å². The molecule has 0 saturated carbocycles. The number of halogens is 3. The number of hydrogen-bond acceptors (Lipinski definition) is 5. The highest BCUT2D eigenvalue weighted by molar-refractivity contribution is 5.94. The second kappa shape index (κ2) is 8.66. The minimum absolute atomic E-state index is 0.0290. The second-order valence-corrected chi connectivity index (χ2v) is 7.80. The Morgan fingerprint density at radius 2 is 1.82 bits per heavy atom. The molecule has 2 aromatic carbocycles. The number of hydrogen-bond donors (Lipinski definition) is 2. The smallest absolute Gasteiger partial charge is 0.423 e. The van der Waals surface area contributed by atoms with E-state index in [-0.39, 0.29) is 22.2 Å². The molecular formula is C25H19F3N2O4. The van der Waals surface area contributed by atoms with Crippen molar-refractivity contribution in [2.24, 2.45) is 0 Å². The van der Waals surface area contributed by atoms with Gasteiger partial charge in [0.1, 0.15) is 16.8 Å². The number of rotatable bonds is 5. The monoisotopic (exact) mass is 468 g/mol. The van der Waals surface area contributed by atoms with Crippen LogP contribution in [0.1, 0.15) is 40.0 Å². The van der Waals surface area contributed by atoms with Gasteiger partial charge in [0, 0.05) is 17.4 Å². The Kier molecular flexibility index (Phi) is 5.87. The molecule has 2 aromatic heterocycles. The third-order valence-corrected chi connectivity index (χ3v) is 5.34. The lowest BCUT2D eigenvalue weighted by atomic mass is 9.98. The van der Waals surface area contributed by atoms with Crippen molar-refractivity contribution in [1.29, 1.82) is 0 Å². The van der Waals surface area contributed by atoms with E-state index in [0.29, 0.717) is 16.8 Å². The molecule has 0 unspecified atom stereocenters. The zero-order chi connectivity index (χ0) is 24.6. The molecule has 4 aromatic rings. The van der Waals surface area contributed by atoms with E-state index in [4.69, 9.17) is 4.42 Å². The van der Waals surface area contributed by atoms with Gasteiger partial charge in [0.15, 0.2) is 5.76 Å². The number of carboxylic acids is 1. The number of aromatic nitrogens is 1. The Morgan fingerprint density at radius 3 is 2.47 bits per heavy atom. The summed E-state index contributed by atoms with van der Waals surface area (Å²) in [6.07, 6.45) is -3.65. The number of benzene rings is 2. The molecule has 9 heteroatoms. The first-order valence-electron chi connectivity index (χ1n) is 10.3. The molecule has 0 fully saturated rings. The summed E-state index contributed by atoms with van der Waals surface area (Å²) < 4.78 is 47.6. The molecule has 0 bridgehead atoms. The molecule has 34 heavy (non-hydrogen) atoms. The van der Waals surface area contributed by atoms with E-state index in [9.17, 15) is 27.9 Å². The van der Waals surface area contributed by atoms with Crippen molar-refractivity contribution < 1.29 is 27.5 Å². The van der Waals surface area contributed by atoms with Crippen LogP contribution >= 0.6 is 0 Å². The Labute approximate surface area is 191 Å². The number of aromatic carboxylic acids is 1. The molecule has 2 N–H and O–H groups in total. The fourth-order valence-corrected chi connectivity index (χ4v) is 3.84. The van der Waals surface area contributed by atoms with Gasteiger partial charge in [0.05, 0.1) is 17.0 Å². The molecule has 1 atom stereocenters. The average Bonchev–Trinajstić information content (AvgIpc) is 2.78. The van der Waals surface area contributed by atoms with Gasteiger partial charge >= 0.3 is 12.1 Å². The van der Waals surface area contributed by atoms with Crippen molar-refractivity contribution in [3.63, 3.8) is 0 Å². The third-order valence-electron chi connectivity index (χ3n) is 5.34. The molecule has 2 heterocycles. The van der Waals surface area contributed by atoms with Crippen LogP contribution in [0.15, 0.2) is 70.0 Å². The molecule has 4 rings (SSSR count). The van der Waals surface area contributed by atoms with Crippen molar-refractivity contribution in [3.8, 4) is 11.5 Å². The van der Waals surface area contributed by atoms with Crippen LogP contribution in [-0.4, -0.2) is 16.1 Å². The highest BCUT2D eigenvalue weighted by atomic mass is 19.4. The van der Waals surface area contributed by atoms with Crippen LogP contribution in [-0.2, 0) is 6.18 Å². The molecule has 0 aliphatic carbocycles. The lowest BCUT2D eigenvalue weighted by molar-refractivity contribution is -0.138. The fraction of sp³-hybridized carbons (Fsp3) is 0.160. The summed E-state index contributed by atoms with van der Waals surface area (Å²) in [4.78, 5) is 28.6. The largest absolute Gasteiger partial charge is 0.478 e. The van der Waals surface area contributed by atoms with Crippen molar-refractivity contribution in [3.05, 3.63) is 93.3 Å². The lowest BCUT2D eigenvalue weighted by Gasteiger charge is -2.20. The first-order chi connectivity index (χ1) is 16.1. The number of carbonyl (C=O) groups is 1. The number of nitrogens with zero attached hydrogens (tertiary/aromatic N) is 1. The van der Waals surface area contributed by atoms with Gasteiger partial charge < -0.3 is 14.8 Å². The average molecular weight is 468 g/mol. The van der Waals surface area contributed by atoms with E-state index in [1.54, 1.807) is 38.1 Å². The van der Waals surface area contributed by atoms with Gasteiger partial charge in [-0.05, 0) is 49.7 Å². The molecule has 6 nitrogen and oxygen atoms in total. The number of aryl methyl sites for hydroxylation is 1. The Morgan fingerprint density at radius 1 is 1.12 bits per heavy atom. The van der Waals surface area contributed by atoms with Gasteiger partial charge in [-0.3, -0.25) is 9.78 Å². The van der Waals surface area contributed by atoms with Crippen LogP contribution in [0.3, 0.4) is 0 Å². The van der Waals surface area contributed by atoms with Gasteiger partial charge in [-0.2, -0.15) is 13.2 Å². The zero-order valence-corrected chi connectivity index (χ0v) is 18.1. The van der Waals surface area contributed by atoms with Gasteiger partial charge in [-0.1, -0.05) is 24.3 Å². The number of carboxylic acid groups (broad SMARTS) is 1.